The van der Waals surface area contributed by atoms with Gasteiger partial charge in [-0.25, -0.2) is 0 Å². The molecule has 98 valence electrons. The molecule has 6 nitrogen and oxygen atoms in total. The van der Waals surface area contributed by atoms with E-state index in [0.717, 1.165) is 19.6 Å². The first-order valence-corrected chi connectivity index (χ1v) is 5.75. The predicted molar refractivity (Wildman–Crippen MR) is 66.6 cm³/mol. The van der Waals surface area contributed by atoms with E-state index < -0.39 is 6.10 Å². The molecule has 1 unspecified atom stereocenters. The number of hydrogen-bond donors (Lipinski definition) is 2. The molecule has 3 N–H and O–H groups in total. The fourth-order valence-corrected chi connectivity index (χ4v) is 1.68. The van der Waals surface area contributed by atoms with Gasteiger partial charge in [0.25, 0.3) is 0 Å². The van der Waals surface area contributed by atoms with Crippen molar-refractivity contribution in [1.29, 1.82) is 0 Å². The summed E-state index contributed by atoms with van der Waals surface area (Å²) in [7, 11) is 3.67. The third-order valence-corrected chi connectivity index (χ3v) is 2.46. The fraction of sp³-hybridized carbons (Fsp3) is 0.727. The van der Waals surface area contributed by atoms with Crippen LogP contribution in [0.15, 0.2) is 12.4 Å². The summed E-state index contributed by atoms with van der Waals surface area (Å²) in [6, 6.07) is 0. The third kappa shape index (κ3) is 5.67. The minimum atomic E-state index is -0.443. The lowest BCUT2D eigenvalue weighted by molar-refractivity contribution is 0.100. The van der Waals surface area contributed by atoms with Crippen molar-refractivity contribution in [2.75, 3.05) is 39.6 Å². The minimum absolute atomic E-state index is 0.443. The molecule has 1 aromatic heterocycles. The Bertz CT molecular complexity index is 316. The number of ether oxygens (including phenoxy) is 1. The van der Waals surface area contributed by atoms with Crippen LogP contribution in [0, 0.1) is 0 Å². The number of rotatable bonds is 8. The van der Waals surface area contributed by atoms with Gasteiger partial charge in [-0.3, -0.25) is 4.68 Å². The zero-order valence-electron chi connectivity index (χ0n) is 10.5. The number of likely N-dealkylation sites (N-methyl/N-ethyl adjacent to an activating group) is 1. The summed E-state index contributed by atoms with van der Waals surface area (Å²) in [5, 5.41) is 13.9. The summed E-state index contributed by atoms with van der Waals surface area (Å²) in [6.45, 7) is 2.73. The summed E-state index contributed by atoms with van der Waals surface area (Å²) in [6.07, 6.45) is 3.82. The number of aliphatic hydroxyl groups excluding tert-OH is 1. The second-order valence-electron chi connectivity index (χ2n) is 4.26. The molecule has 0 aromatic carbocycles. The smallest absolute Gasteiger partial charge is 0.0862 e. The molecule has 1 atom stereocenters. The van der Waals surface area contributed by atoms with E-state index in [-0.39, 0.29) is 0 Å². The summed E-state index contributed by atoms with van der Waals surface area (Å²) < 4.78 is 6.63. The predicted octanol–water partition coefficient (Wildman–Crippen LogP) is -0.205. The van der Waals surface area contributed by atoms with Gasteiger partial charge in [-0.15, -0.1) is 0 Å². The second-order valence-corrected chi connectivity index (χ2v) is 4.26. The van der Waals surface area contributed by atoms with Gasteiger partial charge >= 0.3 is 0 Å². The second kappa shape index (κ2) is 7.26. The van der Waals surface area contributed by atoms with Crippen molar-refractivity contribution in [3.8, 4) is 0 Å². The first kappa shape index (κ1) is 14.0. The molecule has 0 aliphatic rings. The molecule has 0 amide bonds. The molecule has 0 spiro atoms. The van der Waals surface area contributed by atoms with E-state index in [9.17, 15) is 5.11 Å². The maximum atomic E-state index is 9.86. The summed E-state index contributed by atoms with van der Waals surface area (Å²) >= 11 is 0. The van der Waals surface area contributed by atoms with Crippen molar-refractivity contribution in [3.05, 3.63) is 12.4 Å². The average molecular weight is 242 g/mol. The van der Waals surface area contributed by atoms with Crippen molar-refractivity contribution in [2.24, 2.45) is 0 Å². The molecular formula is C11H22N4O2. The molecule has 17 heavy (non-hydrogen) atoms. The molecule has 1 rings (SSSR count). The Labute approximate surface area is 102 Å². The highest BCUT2D eigenvalue weighted by Gasteiger charge is 2.09. The van der Waals surface area contributed by atoms with Gasteiger partial charge in [0, 0.05) is 33.0 Å². The zero-order chi connectivity index (χ0) is 12.7. The Morgan fingerprint density at radius 2 is 2.41 bits per heavy atom. The number of nitrogen functional groups attached to an aromatic ring is 1. The molecule has 0 radical (unpaired) electrons. The monoisotopic (exact) mass is 242 g/mol. The van der Waals surface area contributed by atoms with E-state index in [4.69, 9.17) is 10.5 Å². The maximum Gasteiger partial charge on any atom is 0.0862 e. The molecule has 0 aliphatic carbocycles. The summed E-state index contributed by atoms with van der Waals surface area (Å²) in [5.74, 6) is 0. The third-order valence-electron chi connectivity index (χ3n) is 2.46. The number of hydrogen-bond acceptors (Lipinski definition) is 5. The van der Waals surface area contributed by atoms with Crippen LogP contribution >= 0.6 is 0 Å². The number of anilines is 1. The highest BCUT2D eigenvalue weighted by Crippen LogP contribution is 2.00. The molecular weight excluding hydrogens is 220 g/mol. The van der Waals surface area contributed by atoms with Crippen molar-refractivity contribution in [2.45, 2.75) is 19.1 Å². The number of nitrogens with two attached hydrogens (primary N) is 1. The number of nitrogens with zero attached hydrogens (tertiary/aromatic N) is 3. The molecule has 0 saturated heterocycles. The zero-order valence-corrected chi connectivity index (χ0v) is 10.5. The SMILES string of the molecule is COCCCN(C)CC(O)Cn1cc(N)cn1. The Hall–Kier alpha value is -1.11. The van der Waals surface area contributed by atoms with E-state index >= 15 is 0 Å². The van der Waals surface area contributed by atoms with Crippen molar-refractivity contribution >= 4 is 5.69 Å². The van der Waals surface area contributed by atoms with Crippen LogP contribution in [0.4, 0.5) is 5.69 Å². The Morgan fingerprint density at radius 1 is 1.65 bits per heavy atom. The fourth-order valence-electron chi connectivity index (χ4n) is 1.68. The topological polar surface area (TPSA) is 76.5 Å². The standard InChI is InChI=1S/C11H22N4O2/c1-14(4-3-5-17-2)8-11(16)9-15-7-10(12)6-13-15/h6-7,11,16H,3-5,8-9,12H2,1-2H3. The number of aliphatic hydroxyl groups is 1. The van der Waals surface area contributed by atoms with E-state index in [0.29, 0.717) is 18.8 Å². The van der Waals surface area contributed by atoms with E-state index in [2.05, 4.69) is 10.00 Å². The van der Waals surface area contributed by atoms with Crippen LogP contribution in [0.1, 0.15) is 6.42 Å². The Kier molecular flexibility index (Phi) is 5.96. The molecule has 0 fully saturated rings. The van der Waals surface area contributed by atoms with Crippen LogP contribution < -0.4 is 5.73 Å². The average Bonchev–Trinajstić information content (AvgIpc) is 2.64. The van der Waals surface area contributed by atoms with Gasteiger partial charge in [0.05, 0.1) is 24.5 Å². The van der Waals surface area contributed by atoms with Gasteiger partial charge in [0.15, 0.2) is 0 Å². The summed E-state index contributed by atoms with van der Waals surface area (Å²) in [4.78, 5) is 2.08. The molecule has 0 bridgehead atoms. The molecule has 6 heteroatoms. The van der Waals surface area contributed by atoms with E-state index in [1.165, 1.54) is 0 Å². The lowest BCUT2D eigenvalue weighted by Gasteiger charge is -2.20. The van der Waals surface area contributed by atoms with E-state index in [1.54, 1.807) is 24.2 Å². The first-order chi connectivity index (χ1) is 8.11. The largest absolute Gasteiger partial charge is 0.396 e. The Balaban J connectivity index is 2.21. The quantitative estimate of drug-likeness (QED) is 0.617. The van der Waals surface area contributed by atoms with Crippen LogP contribution in [0.25, 0.3) is 0 Å². The van der Waals surface area contributed by atoms with Crippen molar-refractivity contribution < 1.29 is 9.84 Å². The van der Waals surface area contributed by atoms with Gasteiger partial charge in [-0.1, -0.05) is 0 Å². The molecule has 0 saturated carbocycles. The van der Waals surface area contributed by atoms with Gasteiger partial charge in [-0.2, -0.15) is 5.10 Å². The van der Waals surface area contributed by atoms with Gasteiger partial charge in [-0.05, 0) is 13.5 Å². The lowest BCUT2D eigenvalue weighted by Crippen LogP contribution is -2.33. The van der Waals surface area contributed by atoms with E-state index in [1.807, 2.05) is 7.05 Å². The summed E-state index contributed by atoms with van der Waals surface area (Å²) in [5.41, 5.74) is 6.16. The van der Waals surface area contributed by atoms with Gasteiger partial charge < -0.3 is 20.5 Å². The van der Waals surface area contributed by atoms with Crippen molar-refractivity contribution in [3.63, 3.8) is 0 Å². The first-order valence-electron chi connectivity index (χ1n) is 5.75. The lowest BCUT2D eigenvalue weighted by atomic mass is 10.3. The highest BCUT2D eigenvalue weighted by molar-refractivity contribution is 5.30. The van der Waals surface area contributed by atoms with Crippen LogP contribution in [0.5, 0.6) is 0 Å². The number of methoxy groups -OCH3 is 1. The molecule has 0 aliphatic heterocycles. The normalized spacial score (nSPS) is 13.2. The van der Waals surface area contributed by atoms with Gasteiger partial charge in [0.2, 0.25) is 0 Å². The molecule has 1 heterocycles. The van der Waals surface area contributed by atoms with Gasteiger partial charge in [0.1, 0.15) is 0 Å². The van der Waals surface area contributed by atoms with Crippen LogP contribution in [0.3, 0.4) is 0 Å². The molecule has 1 aromatic rings. The van der Waals surface area contributed by atoms with Crippen molar-refractivity contribution in [1.82, 2.24) is 14.7 Å². The van der Waals surface area contributed by atoms with Crippen LogP contribution in [0.2, 0.25) is 0 Å². The Morgan fingerprint density at radius 3 is 3.00 bits per heavy atom. The van der Waals surface area contributed by atoms with Crippen LogP contribution in [-0.2, 0) is 11.3 Å². The maximum absolute atomic E-state index is 9.86. The minimum Gasteiger partial charge on any atom is -0.396 e. The van der Waals surface area contributed by atoms with Crippen LogP contribution in [-0.4, -0.2) is 59.7 Å². The highest BCUT2D eigenvalue weighted by atomic mass is 16.5. The number of aromatic nitrogens is 2.